The van der Waals surface area contributed by atoms with Gasteiger partial charge < -0.3 is 10.2 Å². The van der Waals surface area contributed by atoms with Crippen molar-refractivity contribution >= 4 is 5.91 Å². The van der Waals surface area contributed by atoms with Gasteiger partial charge in [0.15, 0.2) is 0 Å². The Bertz CT molecular complexity index is 557. The molecule has 2 atom stereocenters. The molecule has 2 heterocycles. The summed E-state index contributed by atoms with van der Waals surface area (Å²) >= 11 is 0. The predicted octanol–water partition coefficient (Wildman–Crippen LogP) is 2.16. The standard InChI is InChI=1S/C17H21N3O/c18-11-13-4-1-5-14(10-13)17(21)20-9-3-6-15(12-20)16-7-2-8-19-16/h1,4-5,10,15-16,19H,2-3,6-9,12H2. The molecule has 2 aliphatic heterocycles. The summed E-state index contributed by atoms with van der Waals surface area (Å²) in [6, 6.07) is 9.69. The largest absolute Gasteiger partial charge is 0.338 e. The summed E-state index contributed by atoms with van der Waals surface area (Å²) in [5, 5.41) is 12.5. The number of nitriles is 1. The highest BCUT2D eigenvalue weighted by molar-refractivity contribution is 5.94. The summed E-state index contributed by atoms with van der Waals surface area (Å²) in [7, 11) is 0. The van der Waals surface area contributed by atoms with E-state index in [1.807, 2.05) is 4.90 Å². The van der Waals surface area contributed by atoms with Gasteiger partial charge in [0.25, 0.3) is 5.91 Å². The van der Waals surface area contributed by atoms with Crippen LogP contribution in [0.5, 0.6) is 0 Å². The zero-order valence-corrected chi connectivity index (χ0v) is 12.2. The molecule has 0 aromatic heterocycles. The second-order valence-electron chi connectivity index (χ2n) is 6.05. The monoisotopic (exact) mass is 283 g/mol. The number of nitrogens with one attached hydrogen (secondary N) is 1. The number of carbonyl (C=O) groups excluding carboxylic acids is 1. The zero-order chi connectivity index (χ0) is 14.7. The third kappa shape index (κ3) is 3.08. The van der Waals surface area contributed by atoms with Crippen LogP contribution in [-0.4, -0.2) is 36.5 Å². The maximum absolute atomic E-state index is 12.6. The van der Waals surface area contributed by atoms with Crippen LogP contribution < -0.4 is 5.32 Å². The van der Waals surface area contributed by atoms with E-state index in [0.717, 1.165) is 26.1 Å². The lowest BCUT2D eigenvalue weighted by Crippen LogP contribution is -2.45. The van der Waals surface area contributed by atoms with Gasteiger partial charge in [-0.3, -0.25) is 4.79 Å². The molecule has 2 unspecified atom stereocenters. The molecule has 1 aromatic rings. The van der Waals surface area contributed by atoms with E-state index in [2.05, 4.69) is 11.4 Å². The number of benzene rings is 1. The Morgan fingerprint density at radius 3 is 3.00 bits per heavy atom. The summed E-state index contributed by atoms with van der Waals surface area (Å²) in [6.07, 6.45) is 4.77. The van der Waals surface area contributed by atoms with Crippen LogP contribution in [0, 0.1) is 17.2 Å². The number of amides is 1. The van der Waals surface area contributed by atoms with Crippen molar-refractivity contribution in [3.05, 3.63) is 35.4 Å². The molecule has 2 saturated heterocycles. The smallest absolute Gasteiger partial charge is 0.253 e. The molecule has 0 spiro atoms. The van der Waals surface area contributed by atoms with Crippen molar-refractivity contribution in [1.29, 1.82) is 5.26 Å². The van der Waals surface area contributed by atoms with E-state index in [4.69, 9.17) is 5.26 Å². The third-order valence-electron chi connectivity index (χ3n) is 4.65. The van der Waals surface area contributed by atoms with Crippen LogP contribution in [-0.2, 0) is 0 Å². The molecule has 21 heavy (non-hydrogen) atoms. The molecule has 110 valence electrons. The molecule has 4 heteroatoms. The van der Waals surface area contributed by atoms with E-state index < -0.39 is 0 Å². The van der Waals surface area contributed by atoms with Gasteiger partial charge in [0.05, 0.1) is 11.6 Å². The van der Waals surface area contributed by atoms with Crippen molar-refractivity contribution in [2.75, 3.05) is 19.6 Å². The van der Waals surface area contributed by atoms with Crippen LogP contribution in [0.4, 0.5) is 0 Å². The predicted molar refractivity (Wildman–Crippen MR) is 80.8 cm³/mol. The van der Waals surface area contributed by atoms with Gasteiger partial charge in [0, 0.05) is 24.7 Å². The highest BCUT2D eigenvalue weighted by Gasteiger charge is 2.31. The number of rotatable bonds is 2. The summed E-state index contributed by atoms with van der Waals surface area (Å²) in [6.45, 7) is 2.78. The average molecular weight is 283 g/mol. The molecular formula is C17H21N3O. The molecule has 2 aliphatic rings. The molecule has 2 fully saturated rings. The second-order valence-corrected chi connectivity index (χ2v) is 6.05. The number of carbonyl (C=O) groups is 1. The molecule has 1 aromatic carbocycles. The van der Waals surface area contributed by atoms with Crippen molar-refractivity contribution in [2.24, 2.45) is 5.92 Å². The first-order chi connectivity index (χ1) is 10.3. The highest BCUT2D eigenvalue weighted by Crippen LogP contribution is 2.25. The second kappa shape index (κ2) is 6.28. The van der Waals surface area contributed by atoms with Gasteiger partial charge in [-0.25, -0.2) is 0 Å². The molecule has 1 N–H and O–H groups in total. The first-order valence-corrected chi connectivity index (χ1v) is 7.81. The van der Waals surface area contributed by atoms with Gasteiger partial charge in [0.1, 0.15) is 0 Å². The minimum Gasteiger partial charge on any atom is -0.338 e. The van der Waals surface area contributed by atoms with Gasteiger partial charge in [-0.2, -0.15) is 5.26 Å². The van der Waals surface area contributed by atoms with Crippen LogP contribution >= 0.6 is 0 Å². The number of likely N-dealkylation sites (tertiary alicyclic amines) is 1. The fraction of sp³-hybridized carbons (Fsp3) is 0.529. The van der Waals surface area contributed by atoms with Gasteiger partial charge in [-0.05, 0) is 56.3 Å². The SMILES string of the molecule is N#Cc1cccc(C(=O)N2CCCC(C3CCCN3)C2)c1. The molecule has 0 aliphatic carbocycles. The fourth-order valence-corrected chi connectivity index (χ4v) is 3.54. The molecule has 3 rings (SSSR count). The van der Waals surface area contributed by atoms with E-state index in [-0.39, 0.29) is 5.91 Å². The molecule has 1 amide bonds. The maximum Gasteiger partial charge on any atom is 0.253 e. The Labute approximate surface area is 125 Å². The third-order valence-corrected chi connectivity index (χ3v) is 4.65. The van der Waals surface area contributed by atoms with E-state index in [0.29, 0.717) is 23.1 Å². The van der Waals surface area contributed by atoms with Crippen LogP contribution in [0.15, 0.2) is 24.3 Å². The van der Waals surface area contributed by atoms with E-state index in [1.165, 1.54) is 19.3 Å². The van der Waals surface area contributed by atoms with Gasteiger partial charge in [-0.15, -0.1) is 0 Å². The topological polar surface area (TPSA) is 56.1 Å². The van der Waals surface area contributed by atoms with Crippen LogP contribution in [0.2, 0.25) is 0 Å². The summed E-state index contributed by atoms with van der Waals surface area (Å²) in [5.41, 5.74) is 1.18. The Morgan fingerprint density at radius 2 is 2.24 bits per heavy atom. The number of hydrogen-bond acceptors (Lipinski definition) is 3. The van der Waals surface area contributed by atoms with E-state index in [9.17, 15) is 4.79 Å². The van der Waals surface area contributed by atoms with Crippen molar-refractivity contribution < 1.29 is 4.79 Å². The lowest BCUT2D eigenvalue weighted by atomic mass is 9.89. The minimum atomic E-state index is 0.0646. The van der Waals surface area contributed by atoms with Crippen molar-refractivity contribution in [1.82, 2.24) is 10.2 Å². The van der Waals surface area contributed by atoms with Crippen LogP contribution in [0.3, 0.4) is 0 Å². The Balaban J connectivity index is 1.70. The summed E-state index contributed by atoms with van der Waals surface area (Å²) in [4.78, 5) is 14.6. The minimum absolute atomic E-state index is 0.0646. The summed E-state index contributed by atoms with van der Waals surface area (Å²) in [5.74, 6) is 0.638. The molecule has 0 bridgehead atoms. The number of piperidine rings is 1. The maximum atomic E-state index is 12.6. The first kappa shape index (κ1) is 14.1. The van der Waals surface area contributed by atoms with Gasteiger partial charge in [0.2, 0.25) is 0 Å². The Kier molecular flexibility index (Phi) is 4.21. The number of hydrogen-bond donors (Lipinski definition) is 1. The zero-order valence-electron chi connectivity index (χ0n) is 12.2. The van der Waals surface area contributed by atoms with Gasteiger partial charge >= 0.3 is 0 Å². The van der Waals surface area contributed by atoms with Crippen LogP contribution in [0.25, 0.3) is 0 Å². The van der Waals surface area contributed by atoms with E-state index >= 15 is 0 Å². The first-order valence-electron chi connectivity index (χ1n) is 7.81. The van der Waals surface area contributed by atoms with Crippen LogP contribution in [0.1, 0.15) is 41.6 Å². The lowest BCUT2D eigenvalue weighted by Gasteiger charge is -2.36. The Morgan fingerprint density at radius 1 is 1.33 bits per heavy atom. The summed E-state index contributed by atoms with van der Waals surface area (Å²) < 4.78 is 0. The molecule has 0 saturated carbocycles. The highest BCUT2D eigenvalue weighted by atomic mass is 16.2. The Hall–Kier alpha value is -1.86. The fourth-order valence-electron chi connectivity index (χ4n) is 3.54. The lowest BCUT2D eigenvalue weighted by molar-refractivity contribution is 0.0651. The average Bonchev–Trinajstić information content (AvgIpc) is 3.09. The van der Waals surface area contributed by atoms with E-state index in [1.54, 1.807) is 24.3 Å². The molecule has 4 nitrogen and oxygen atoms in total. The number of nitrogens with zero attached hydrogens (tertiary/aromatic N) is 2. The molecular weight excluding hydrogens is 262 g/mol. The quantitative estimate of drug-likeness (QED) is 0.905. The normalized spacial score (nSPS) is 25.6. The van der Waals surface area contributed by atoms with Crippen molar-refractivity contribution in [3.8, 4) is 6.07 Å². The van der Waals surface area contributed by atoms with Crippen molar-refractivity contribution in [3.63, 3.8) is 0 Å². The van der Waals surface area contributed by atoms with Crippen molar-refractivity contribution in [2.45, 2.75) is 31.7 Å². The van der Waals surface area contributed by atoms with Gasteiger partial charge in [-0.1, -0.05) is 6.07 Å². The molecule has 0 radical (unpaired) electrons.